The van der Waals surface area contributed by atoms with Crippen LogP contribution in [-0.4, -0.2) is 78.4 Å². The smallest absolute Gasteiger partial charge is 0.277 e. The van der Waals surface area contributed by atoms with Gasteiger partial charge in [-0.1, -0.05) is 17.3 Å². The molecule has 2 aromatic heterocycles. The van der Waals surface area contributed by atoms with Crippen LogP contribution >= 0.6 is 0 Å². The van der Waals surface area contributed by atoms with Crippen molar-refractivity contribution in [1.29, 1.82) is 0 Å². The molecular weight excluding hydrogens is 396 g/mol. The van der Waals surface area contributed by atoms with Crippen LogP contribution in [-0.2, 0) is 4.74 Å². The maximum atomic E-state index is 13.4. The number of benzene rings is 1. The number of aromatic nitrogens is 3. The van der Waals surface area contributed by atoms with Gasteiger partial charge in [-0.25, -0.2) is 4.98 Å². The van der Waals surface area contributed by atoms with E-state index in [4.69, 9.17) is 9.26 Å². The molecular formula is C22H26N6O3. The van der Waals surface area contributed by atoms with Gasteiger partial charge >= 0.3 is 0 Å². The normalized spacial score (nSPS) is 17.4. The summed E-state index contributed by atoms with van der Waals surface area (Å²) in [6.07, 6.45) is 1.45. The van der Waals surface area contributed by atoms with Gasteiger partial charge in [0.25, 0.3) is 11.6 Å². The molecule has 3 aromatic rings. The molecule has 2 fully saturated rings. The molecule has 5 rings (SSSR count). The number of nitrogens with zero attached hydrogens (tertiary/aromatic N) is 6. The third-order valence-corrected chi connectivity index (χ3v) is 6.04. The lowest BCUT2D eigenvalue weighted by Gasteiger charge is -2.36. The summed E-state index contributed by atoms with van der Waals surface area (Å²) in [6, 6.07) is 6.49. The molecule has 0 unspecified atom stereocenters. The largest absolute Gasteiger partial charge is 0.378 e. The third-order valence-electron chi connectivity index (χ3n) is 6.04. The van der Waals surface area contributed by atoms with Gasteiger partial charge in [0, 0.05) is 45.0 Å². The number of carbonyl (C=O) groups excluding carboxylic acids is 1. The number of carbonyl (C=O) groups is 1. The lowest BCUT2D eigenvalue weighted by atomic mass is 10.1. The Bertz CT molecular complexity index is 1100. The highest BCUT2D eigenvalue weighted by Crippen LogP contribution is 2.29. The maximum absolute atomic E-state index is 13.4. The number of anilines is 2. The molecule has 1 amide bonds. The molecule has 31 heavy (non-hydrogen) atoms. The number of morpholine rings is 1. The number of rotatable bonds is 3. The second-order valence-electron chi connectivity index (χ2n) is 8.08. The molecule has 0 bridgehead atoms. The molecule has 0 N–H and O–H groups in total. The number of piperazine rings is 1. The van der Waals surface area contributed by atoms with E-state index in [1.807, 2.05) is 4.90 Å². The quantitative estimate of drug-likeness (QED) is 0.634. The van der Waals surface area contributed by atoms with Gasteiger partial charge in [0.15, 0.2) is 5.69 Å². The van der Waals surface area contributed by atoms with Gasteiger partial charge in [-0.2, -0.15) is 4.98 Å². The molecule has 0 radical (unpaired) electrons. The van der Waals surface area contributed by atoms with Crippen molar-refractivity contribution in [2.45, 2.75) is 13.8 Å². The van der Waals surface area contributed by atoms with Gasteiger partial charge in [0.05, 0.1) is 13.2 Å². The molecule has 0 spiro atoms. The average molecular weight is 422 g/mol. The molecule has 2 saturated heterocycles. The first-order chi connectivity index (χ1) is 15.1. The van der Waals surface area contributed by atoms with Crippen LogP contribution in [0.3, 0.4) is 0 Å². The van der Waals surface area contributed by atoms with Gasteiger partial charge in [0.1, 0.15) is 17.5 Å². The van der Waals surface area contributed by atoms with E-state index in [0.717, 1.165) is 13.1 Å². The van der Waals surface area contributed by atoms with E-state index in [2.05, 4.69) is 57.0 Å². The van der Waals surface area contributed by atoms with Crippen molar-refractivity contribution < 1.29 is 14.1 Å². The van der Waals surface area contributed by atoms with Crippen molar-refractivity contribution in [3.63, 3.8) is 0 Å². The fourth-order valence-corrected chi connectivity index (χ4v) is 4.29. The van der Waals surface area contributed by atoms with E-state index in [1.54, 1.807) is 0 Å². The number of fused-ring (bicyclic) bond motifs is 1. The van der Waals surface area contributed by atoms with Gasteiger partial charge in [-0.3, -0.25) is 4.79 Å². The highest BCUT2D eigenvalue weighted by molar-refractivity contribution is 6.07. The van der Waals surface area contributed by atoms with Crippen molar-refractivity contribution in [3.8, 4) is 0 Å². The highest BCUT2D eigenvalue weighted by Gasteiger charge is 2.30. The van der Waals surface area contributed by atoms with Crippen molar-refractivity contribution >= 4 is 28.5 Å². The fourth-order valence-electron chi connectivity index (χ4n) is 4.29. The van der Waals surface area contributed by atoms with E-state index in [0.29, 0.717) is 56.3 Å². The monoisotopic (exact) mass is 422 g/mol. The SMILES string of the molecule is Cc1ccc(C)c(N2CCN(C(=O)c3noc4ncnc(N5CCOCC5)c34)CC2)c1. The first-order valence-corrected chi connectivity index (χ1v) is 10.7. The number of aryl methyl sites for hydroxylation is 2. The summed E-state index contributed by atoms with van der Waals surface area (Å²) in [4.78, 5) is 28.3. The number of hydrogen-bond acceptors (Lipinski definition) is 8. The summed E-state index contributed by atoms with van der Waals surface area (Å²) in [5, 5.41) is 4.68. The zero-order valence-electron chi connectivity index (χ0n) is 17.9. The molecule has 162 valence electrons. The molecule has 1 aromatic carbocycles. The second kappa shape index (κ2) is 8.14. The summed E-state index contributed by atoms with van der Waals surface area (Å²) in [7, 11) is 0. The van der Waals surface area contributed by atoms with Gasteiger partial charge in [-0.05, 0) is 31.0 Å². The Morgan fingerprint density at radius 2 is 1.74 bits per heavy atom. The van der Waals surface area contributed by atoms with Crippen molar-refractivity contribution in [2.75, 3.05) is 62.3 Å². The lowest BCUT2D eigenvalue weighted by Crippen LogP contribution is -2.49. The minimum absolute atomic E-state index is 0.135. The Hall–Kier alpha value is -3.20. The summed E-state index contributed by atoms with van der Waals surface area (Å²) in [5.41, 5.74) is 4.36. The zero-order chi connectivity index (χ0) is 21.4. The maximum Gasteiger partial charge on any atom is 0.277 e. The van der Waals surface area contributed by atoms with Crippen LogP contribution in [0.1, 0.15) is 21.6 Å². The average Bonchev–Trinajstić information content (AvgIpc) is 3.25. The van der Waals surface area contributed by atoms with Crippen molar-refractivity contribution in [3.05, 3.63) is 41.3 Å². The Morgan fingerprint density at radius 1 is 0.968 bits per heavy atom. The highest BCUT2D eigenvalue weighted by atomic mass is 16.5. The Morgan fingerprint density at radius 3 is 2.52 bits per heavy atom. The minimum Gasteiger partial charge on any atom is -0.378 e. The molecule has 9 heteroatoms. The zero-order valence-corrected chi connectivity index (χ0v) is 17.9. The van der Waals surface area contributed by atoms with E-state index in [1.165, 1.54) is 23.1 Å². The Kier molecular flexibility index (Phi) is 5.19. The van der Waals surface area contributed by atoms with Crippen LogP contribution in [0.25, 0.3) is 11.1 Å². The predicted octanol–water partition coefficient (Wildman–Crippen LogP) is 2.03. The molecule has 0 saturated carbocycles. The molecule has 4 heterocycles. The Balaban J connectivity index is 1.37. The molecule has 0 atom stereocenters. The minimum atomic E-state index is -0.135. The van der Waals surface area contributed by atoms with Crippen LogP contribution < -0.4 is 9.80 Å². The van der Waals surface area contributed by atoms with Crippen LogP contribution in [0.4, 0.5) is 11.5 Å². The Labute approximate surface area is 180 Å². The second-order valence-corrected chi connectivity index (χ2v) is 8.08. The first-order valence-electron chi connectivity index (χ1n) is 10.7. The molecule has 2 aliphatic heterocycles. The third kappa shape index (κ3) is 3.69. The molecule has 9 nitrogen and oxygen atoms in total. The summed E-state index contributed by atoms with van der Waals surface area (Å²) in [6.45, 7) is 9.70. The number of ether oxygens (including phenoxy) is 1. The van der Waals surface area contributed by atoms with Gasteiger partial charge in [0.2, 0.25) is 0 Å². The fraction of sp³-hybridized carbons (Fsp3) is 0.455. The first kappa shape index (κ1) is 19.7. The standard InChI is InChI=1S/C22H26N6O3/c1-15-3-4-16(2)17(13-15)26-5-7-28(8-6-26)22(29)19-18-20(27-9-11-30-12-10-27)23-14-24-21(18)31-25-19/h3-4,13-14H,5-12H2,1-2H3. The number of amides is 1. The number of hydrogen-bond donors (Lipinski definition) is 0. The van der Waals surface area contributed by atoms with E-state index < -0.39 is 0 Å². The topological polar surface area (TPSA) is 87.8 Å². The molecule has 2 aliphatic rings. The van der Waals surface area contributed by atoms with Gasteiger partial charge < -0.3 is 24.0 Å². The van der Waals surface area contributed by atoms with Crippen LogP contribution in [0.2, 0.25) is 0 Å². The lowest BCUT2D eigenvalue weighted by molar-refractivity contribution is 0.0738. The molecule has 0 aliphatic carbocycles. The summed E-state index contributed by atoms with van der Waals surface area (Å²) in [5.74, 6) is 0.551. The predicted molar refractivity (Wildman–Crippen MR) is 117 cm³/mol. The van der Waals surface area contributed by atoms with Crippen LogP contribution in [0.5, 0.6) is 0 Å². The van der Waals surface area contributed by atoms with Crippen LogP contribution in [0, 0.1) is 13.8 Å². The van der Waals surface area contributed by atoms with E-state index >= 15 is 0 Å². The van der Waals surface area contributed by atoms with E-state index in [-0.39, 0.29) is 11.6 Å². The van der Waals surface area contributed by atoms with Crippen molar-refractivity contribution in [2.24, 2.45) is 0 Å². The summed E-state index contributed by atoms with van der Waals surface area (Å²) >= 11 is 0. The summed E-state index contributed by atoms with van der Waals surface area (Å²) < 4.78 is 10.8. The van der Waals surface area contributed by atoms with Gasteiger partial charge in [-0.15, -0.1) is 0 Å². The van der Waals surface area contributed by atoms with Crippen LogP contribution in [0.15, 0.2) is 29.0 Å². The van der Waals surface area contributed by atoms with Crippen molar-refractivity contribution in [1.82, 2.24) is 20.0 Å². The van der Waals surface area contributed by atoms with E-state index in [9.17, 15) is 4.79 Å².